The number of benzene rings is 2. The topological polar surface area (TPSA) is 65.0 Å². The van der Waals surface area contributed by atoms with Gasteiger partial charge in [-0.15, -0.1) is 0 Å². The average Bonchev–Trinajstić information content (AvgIpc) is 2.45. The van der Waals surface area contributed by atoms with Gasteiger partial charge in [-0.25, -0.2) is 4.79 Å². The molecule has 5 heteroatoms. The molecule has 0 spiro atoms. The van der Waals surface area contributed by atoms with Crippen LogP contribution in [0.15, 0.2) is 49.2 Å². The molecule has 2 aromatic carbocycles. The van der Waals surface area contributed by atoms with Gasteiger partial charge in [-0.05, 0) is 35.0 Å². The Balaban J connectivity index is 2.18. The quantitative estimate of drug-likeness (QED) is 0.516. The zero-order valence-electron chi connectivity index (χ0n) is 10.7. The van der Waals surface area contributed by atoms with Crippen LogP contribution in [-0.2, 0) is 4.74 Å². The van der Waals surface area contributed by atoms with Crippen LogP contribution in [0.3, 0.4) is 0 Å². The Morgan fingerprint density at radius 1 is 1.15 bits per heavy atom. The maximum absolute atomic E-state index is 11.2. The van der Waals surface area contributed by atoms with E-state index >= 15 is 0 Å². The van der Waals surface area contributed by atoms with Gasteiger partial charge in [0.25, 0.3) is 0 Å². The highest BCUT2D eigenvalue weighted by Gasteiger charge is 2.05. The van der Waals surface area contributed by atoms with Gasteiger partial charge in [-0.3, -0.25) is 0 Å². The molecule has 0 saturated carbocycles. The van der Waals surface area contributed by atoms with Crippen molar-refractivity contribution in [2.24, 2.45) is 0 Å². The summed E-state index contributed by atoms with van der Waals surface area (Å²) in [5.41, 5.74) is 0. The van der Waals surface area contributed by atoms with Crippen molar-refractivity contribution in [1.82, 2.24) is 0 Å². The summed E-state index contributed by atoms with van der Waals surface area (Å²) >= 11 is 0. The Morgan fingerprint density at radius 3 is 2.45 bits per heavy atom. The van der Waals surface area contributed by atoms with Crippen LogP contribution in [-0.4, -0.2) is 24.5 Å². The molecule has 0 bridgehead atoms. The van der Waals surface area contributed by atoms with Gasteiger partial charge >= 0.3 is 6.16 Å². The van der Waals surface area contributed by atoms with Gasteiger partial charge in [0.15, 0.2) is 0 Å². The van der Waals surface area contributed by atoms with E-state index in [0.29, 0.717) is 11.5 Å². The fraction of sp³-hybridized carbons (Fsp3) is 0.133. The third kappa shape index (κ3) is 3.49. The summed E-state index contributed by atoms with van der Waals surface area (Å²) in [6.45, 7) is 3.49. The van der Waals surface area contributed by atoms with Crippen molar-refractivity contribution in [3.05, 3.63) is 49.2 Å². The molecular formula is C15H14O5. The monoisotopic (exact) mass is 274 g/mol. The van der Waals surface area contributed by atoms with E-state index in [2.05, 4.69) is 11.3 Å². The normalized spacial score (nSPS) is 10.1. The maximum atomic E-state index is 11.2. The molecule has 0 atom stereocenters. The first-order valence-electron chi connectivity index (χ1n) is 6.00. The largest absolute Gasteiger partial charge is 0.518 e. The summed E-state index contributed by atoms with van der Waals surface area (Å²) in [5, 5.41) is 10.5. The molecular weight excluding hydrogens is 260 g/mol. The van der Waals surface area contributed by atoms with Crippen LogP contribution in [0.1, 0.15) is 0 Å². The first-order valence-corrected chi connectivity index (χ1v) is 6.00. The molecule has 5 nitrogen and oxygen atoms in total. The van der Waals surface area contributed by atoms with Crippen molar-refractivity contribution in [2.45, 2.75) is 0 Å². The van der Waals surface area contributed by atoms with Crippen LogP contribution in [0.25, 0.3) is 10.8 Å². The molecule has 0 amide bonds. The van der Waals surface area contributed by atoms with Gasteiger partial charge < -0.3 is 19.3 Å². The number of aliphatic hydroxyl groups excluding tert-OH is 1. The van der Waals surface area contributed by atoms with Gasteiger partial charge in [-0.2, -0.15) is 0 Å². The number of hydrogen-bond acceptors (Lipinski definition) is 5. The van der Waals surface area contributed by atoms with Crippen molar-refractivity contribution in [2.75, 3.05) is 13.2 Å². The zero-order chi connectivity index (χ0) is 14.4. The van der Waals surface area contributed by atoms with Crippen molar-refractivity contribution in [1.29, 1.82) is 0 Å². The number of hydrogen-bond donors (Lipinski definition) is 1. The molecule has 1 N–H and O–H groups in total. The smallest absolute Gasteiger partial charge is 0.491 e. The summed E-state index contributed by atoms with van der Waals surface area (Å²) in [6, 6.07) is 10.6. The SMILES string of the molecule is C=COC(=O)Oc1ccc2cc(OCCO)ccc2c1. The van der Waals surface area contributed by atoms with Gasteiger partial charge in [0.05, 0.1) is 12.9 Å². The highest BCUT2D eigenvalue weighted by molar-refractivity contribution is 5.85. The van der Waals surface area contributed by atoms with Crippen molar-refractivity contribution in [3.8, 4) is 11.5 Å². The molecule has 0 heterocycles. The van der Waals surface area contributed by atoms with Crippen LogP contribution < -0.4 is 9.47 Å². The molecule has 2 rings (SSSR count). The lowest BCUT2D eigenvalue weighted by Crippen LogP contribution is -2.06. The predicted octanol–water partition coefficient (Wildman–Crippen LogP) is 2.87. The minimum atomic E-state index is -0.831. The highest BCUT2D eigenvalue weighted by atomic mass is 16.7. The lowest BCUT2D eigenvalue weighted by atomic mass is 10.1. The van der Waals surface area contributed by atoms with Crippen molar-refractivity contribution in [3.63, 3.8) is 0 Å². The third-order valence-electron chi connectivity index (χ3n) is 2.52. The maximum Gasteiger partial charge on any atom is 0.518 e. The van der Waals surface area contributed by atoms with Crippen LogP contribution in [0.5, 0.6) is 11.5 Å². The van der Waals surface area contributed by atoms with E-state index in [4.69, 9.17) is 14.6 Å². The van der Waals surface area contributed by atoms with E-state index in [1.54, 1.807) is 24.3 Å². The van der Waals surface area contributed by atoms with Crippen LogP contribution in [0, 0.1) is 0 Å². The van der Waals surface area contributed by atoms with Crippen molar-refractivity contribution >= 4 is 16.9 Å². The van der Waals surface area contributed by atoms with E-state index in [1.807, 2.05) is 12.1 Å². The molecule has 0 aliphatic heterocycles. The molecule has 20 heavy (non-hydrogen) atoms. The van der Waals surface area contributed by atoms with E-state index in [1.165, 1.54) is 0 Å². The number of carbonyl (C=O) groups excluding carboxylic acids is 1. The molecule has 0 fully saturated rings. The summed E-state index contributed by atoms with van der Waals surface area (Å²) < 4.78 is 14.8. The Hall–Kier alpha value is -2.53. The van der Waals surface area contributed by atoms with Crippen LogP contribution in [0.4, 0.5) is 4.79 Å². The Morgan fingerprint density at radius 2 is 1.80 bits per heavy atom. The Bertz CT molecular complexity index is 621. The number of carbonyl (C=O) groups is 1. The summed E-state index contributed by atoms with van der Waals surface area (Å²) in [4.78, 5) is 11.2. The second kappa shape index (κ2) is 6.58. The molecule has 0 saturated heterocycles. The molecule has 0 radical (unpaired) electrons. The number of ether oxygens (including phenoxy) is 3. The second-order valence-corrected chi connectivity index (χ2v) is 3.88. The van der Waals surface area contributed by atoms with E-state index in [0.717, 1.165) is 17.0 Å². The minimum Gasteiger partial charge on any atom is -0.491 e. The number of aliphatic hydroxyl groups is 1. The van der Waals surface area contributed by atoms with Gasteiger partial charge in [-0.1, -0.05) is 18.7 Å². The Labute approximate surface area is 116 Å². The summed E-state index contributed by atoms with van der Waals surface area (Å²) in [6.07, 6.45) is 0.177. The lowest BCUT2D eigenvalue weighted by molar-refractivity contribution is 0.136. The summed E-state index contributed by atoms with van der Waals surface area (Å²) in [7, 11) is 0. The second-order valence-electron chi connectivity index (χ2n) is 3.88. The molecule has 2 aromatic rings. The minimum absolute atomic E-state index is 0.0315. The van der Waals surface area contributed by atoms with Gasteiger partial charge in [0, 0.05) is 0 Å². The van der Waals surface area contributed by atoms with Gasteiger partial charge in [0.2, 0.25) is 0 Å². The fourth-order valence-corrected chi connectivity index (χ4v) is 1.71. The first-order chi connectivity index (χ1) is 9.72. The van der Waals surface area contributed by atoms with Crippen LogP contribution >= 0.6 is 0 Å². The number of fused-ring (bicyclic) bond motifs is 1. The molecule has 0 aliphatic carbocycles. The molecule has 104 valence electrons. The zero-order valence-corrected chi connectivity index (χ0v) is 10.7. The average molecular weight is 274 g/mol. The van der Waals surface area contributed by atoms with Gasteiger partial charge in [0.1, 0.15) is 18.1 Å². The van der Waals surface area contributed by atoms with E-state index < -0.39 is 6.16 Å². The first kappa shape index (κ1) is 13.9. The van der Waals surface area contributed by atoms with E-state index in [9.17, 15) is 4.79 Å². The molecule has 0 unspecified atom stereocenters. The van der Waals surface area contributed by atoms with Crippen molar-refractivity contribution < 1.29 is 24.1 Å². The third-order valence-corrected chi connectivity index (χ3v) is 2.52. The molecule has 0 aliphatic rings. The van der Waals surface area contributed by atoms with E-state index in [-0.39, 0.29) is 13.2 Å². The highest BCUT2D eigenvalue weighted by Crippen LogP contribution is 2.25. The predicted molar refractivity (Wildman–Crippen MR) is 73.8 cm³/mol. The number of rotatable bonds is 5. The Kier molecular flexibility index (Phi) is 4.57. The van der Waals surface area contributed by atoms with Crippen LogP contribution in [0.2, 0.25) is 0 Å². The molecule has 0 aromatic heterocycles. The fourth-order valence-electron chi connectivity index (χ4n) is 1.71. The lowest BCUT2D eigenvalue weighted by Gasteiger charge is -2.07. The standard InChI is InChI=1S/C15H14O5/c1-2-18-15(17)20-14-6-4-11-9-13(19-8-7-16)5-3-12(11)10-14/h2-6,9-10,16H,1,7-8H2. The summed E-state index contributed by atoms with van der Waals surface area (Å²) in [5.74, 6) is 1.06.